The summed E-state index contributed by atoms with van der Waals surface area (Å²) in [5.74, 6) is -0.976. The molecular weight excluding hydrogens is 316 g/mol. The maximum Gasteiger partial charge on any atom is 0.335 e. The number of rotatable bonds is 4. The van der Waals surface area contributed by atoms with Gasteiger partial charge in [0.1, 0.15) is 0 Å². The highest BCUT2D eigenvalue weighted by Crippen LogP contribution is 2.25. The lowest BCUT2D eigenvalue weighted by molar-refractivity contribution is 0.0697. The van der Waals surface area contributed by atoms with Gasteiger partial charge in [-0.1, -0.05) is 0 Å². The molecule has 2 rings (SSSR count). The van der Waals surface area contributed by atoms with Crippen molar-refractivity contribution in [2.75, 3.05) is 11.1 Å². The van der Waals surface area contributed by atoms with Crippen molar-refractivity contribution in [2.45, 2.75) is 6.54 Å². The number of benzene rings is 1. The minimum atomic E-state index is -0.976. The number of anilines is 2. The first-order valence-corrected chi connectivity index (χ1v) is 6.78. The molecule has 0 unspecified atom stereocenters. The number of carbonyl (C=O) groups is 1. The van der Waals surface area contributed by atoms with Crippen LogP contribution in [0.5, 0.6) is 0 Å². The van der Waals surface area contributed by atoms with Crippen molar-refractivity contribution in [3.8, 4) is 0 Å². The molecule has 0 fully saturated rings. The molecule has 0 amide bonds. The highest BCUT2D eigenvalue weighted by molar-refractivity contribution is 9.11. The van der Waals surface area contributed by atoms with E-state index >= 15 is 0 Å². The van der Waals surface area contributed by atoms with Gasteiger partial charge in [-0.15, -0.1) is 11.3 Å². The predicted molar refractivity (Wildman–Crippen MR) is 77.2 cm³/mol. The fourth-order valence-electron chi connectivity index (χ4n) is 1.49. The lowest BCUT2D eigenvalue weighted by Gasteiger charge is -2.08. The van der Waals surface area contributed by atoms with Crippen LogP contribution in [0.4, 0.5) is 11.4 Å². The number of hydrogen-bond acceptors (Lipinski definition) is 4. The van der Waals surface area contributed by atoms with E-state index in [0.717, 1.165) is 9.47 Å². The molecule has 6 heteroatoms. The highest BCUT2D eigenvalue weighted by Gasteiger charge is 2.06. The number of nitrogen functional groups attached to an aromatic ring is 1. The van der Waals surface area contributed by atoms with Crippen LogP contribution in [0.3, 0.4) is 0 Å². The van der Waals surface area contributed by atoms with E-state index in [4.69, 9.17) is 10.8 Å². The van der Waals surface area contributed by atoms with Crippen LogP contribution in [0.2, 0.25) is 0 Å². The average molecular weight is 327 g/mol. The zero-order valence-electron chi connectivity index (χ0n) is 9.31. The molecule has 4 N–H and O–H groups in total. The first-order valence-electron chi connectivity index (χ1n) is 5.17. The summed E-state index contributed by atoms with van der Waals surface area (Å²) in [5.41, 5.74) is 7.16. The van der Waals surface area contributed by atoms with Gasteiger partial charge < -0.3 is 16.2 Å². The van der Waals surface area contributed by atoms with E-state index < -0.39 is 5.97 Å². The molecule has 18 heavy (non-hydrogen) atoms. The second-order valence-corrected chi connectivity index (χ2v) is 6.21. The SMILES string of the molecule is Nc1cc(C(=O)O)ccc1NCc1ccc(Br)s1. The van der Waals surface area contributed by atoms with Crippen molar-refractivity contribution in [1.82, 2.24) is 0 Å². The summed E-state index contributed by atoms with van der Waals surface area (Å²) < 4.78 is 1.08. The van der Waals surface area contributed by atoms with Gasteiger partial charge in [-0.05, 0) is 46.3 Å². The van der Waals surface area contributed by atoms with Gasteiger partial charge in [-0.3, -0.25) is 0 Å². The first-order chi connectivity index (χ1) is 8.56. The summed E-state index contributed by atoms with van der Waals surface area (Å²) in [4.78, 5) is 11.9. The zero-order chi connectivity index (χ0) is 13.1. The van der Waals surface area contributed by atoms with Gasteiger partial charge in [0.2, 0.25) is 0 Å². The Bertz CT molecular complexity index is 583. The Kier molecular flexibility index (Phi) is 3.88. The fourth-order valence-corrected chi connectivity index (χ4v) is 2.91. The molecule has 1 aromatic heterocycles. The average Bonchev–Trinajstić information content (AvgIpc) is 2.73. The lowest BCUT2D eigenvalue weighted by atomic mass is 10.1. The van der Waals surface area contributed by atoms with Gasteiger partial charge >= 0.3 is 5.97 Å². The fraction of sp³-hybridized carbons (Fsp3) is 0.0833. The molecule has 0 atom stereocenters. The van der Waals surface area contributed by atoms with E-state index in [0.29, 0.717) is 12.2 Å². The summed E-state index contributed by atoms with van der Waals surface area (Å²) in [6.45, 7) is 0.660. The molecule has 0 aliphatic carbocycles. The molecule has 0 saturated heterocycles. The molecular formula is C12H11BrN2O2S. The molecule has 0 spiro atoms. The van der Waals surface area contributed by atoms with E-state index in [2.05, 4.69) is 21.2 Å². The Morgan fingerprint density at radius 1 is 1.39 bits per heavy atom. The molecule has 0 aliphatic rings. The number of carboxylic acids is 1. The van der Waals surface area contributed by atoms with Crippen LogP contribution in [-0.2, 0) is 6.54 Å². The van der Waals surface area contributed by atoms with Gasteiger partial charge in [0, 0.05) is 11.4 Å². The van der Waals surface area contributed by atoms with Crippen LogP contribution < -0.4 is 11.1 Å². The number of nitrogens with two attached hydrogens (primary N) is 1. The van der Waals surface area contributed by atoms with Gasteiger partial charge in [0.25, 0.3) is 0 Å². The third-order valence-corrected chi connectivity index (χ3v) is 4.00. The van der Waals surface area contributed by atoms with E-state index in [1.807, 2.05) is 12.1 Å². The van der Waals surface area contributed by atoms with Crippen molar-refractivity contribution >= 4 is 44.6 Å². The summed E-state index contributed by atoms with van der Waals surface area (Å²) in [6.07, 6.45) is 0. The Labute approximate surface area is 117 Å². The number of nitrogens with one attached hydrogen (secondary N) is 1. The number of carboxylic acid groups (broad SMARTS) is 1. The van der Waals surface area contributed by atoms with Gasteiger partial charge in [-0.25, -0.2) is 4.79 Å². The maximum absolute atomic E-state index is 10.8. The predicted octanol–water partition coefficient (Wildman–Crippen LogP) is 3.40. The summed E-state index contributed by atoms with van der Waals surface area (Å²) in [6, 6.07) is 8.67. The molecule has 2 aromatic rings. The zero-order valence-corrected chi connectivity index (χ0v) is 11.7. The Morgan fingerprint density at radius 3 is 2.72 bits per heavy atom. The Hall–Kier alpha value is -1.53. The second-order valence-electron chi connectivity index (χ2n) is 3.67. The Balaban J connectivity index is 2.08. The van der Waals surface area contributed by atoms with Gasteiger partial charge in [0.05, 0.1) is 20.7 Å². The molecule has 94 valence electrons. The third kappa shape index (κ3) is 3.02. The minimum Gasteiger partial charge on any atom is -0.478 e. The maximum atomic E-state index is 10.8. The quantitative estimate of drug-likeness (QED) is 0.752. The first kappa shape index (κ1) is 12.9. The Morgan fingerprint density at radius 2 is 2.17 bits per heavy atom. The normalized spacial score (nSPS) is 10.3. The molecule has 1 aromatic carbocycles. The van der Waals surface area contributed by atoms with Crippen LogP contribution in [-0.4, -0.2) is 11.1 Å². The number of halogens is 1. The molecule has 0 radical (unpaired) electrons. The smallest absolute Gasteiger partial charge is 0.335 e. The van der Waals surface area contributed by atoms with Crippen LogP contribution in [0.1, 0.15) is 15.2 Å². The van der Waals surface area contributed by atoms with E-state index in [-0.39, 0.29) is 5.56 Å². The molecule has 0 saturated carbocycles. The molecule has 0 aliphatic heterocycles. The van der Waals surface area contributed by atoms with Crippen molar-refractivity contribution < 1.29 is 9.90 Å². The summed E-state index contributed by atoms with van der Waals surface area (Å²) in [5, 5.41) is 12.0. The van der Waals surface area contributed by atoms with Crippen LogP contribution >= 0.6 is 27.3 Å². The topological polar surface area (TPSA) is 75.4 Å². The van der Waals surface area contributed by atoms with Crippen LogP contribution in [0.15, 0.2) is 34.1 Å². The van der Waals surface area contributed by atoms with Crippen molar-refractivity contribution in [3.63, 3.8) is 0 Å². The molecule has 1 heterocycles. The largest absolute Gasteiger partial charge is 0.478 e. The highest BCUT2D eigenvalue weighted by atomic mass is 79.9. The number of thiophene rings is 1. The van der Waals surface area contributed by atoms with Crippen molar-refractivity contribution in [1.29, 1.82) is 0 Å². The van der Waals surface area contributed by atoms with E-state index in [9.17, 15) is 4.79 Å². The second kappa shape index (κ2) is 5.41. The lowest BCUT2D eigenvalue weighted by Crippen LogP contribution is -2.03. The summed E-state index contributed by atoms with van der Waals surface area (Å²) in [7, 11) is 0. The van der Waals surface area contributed by atoms with Crippen molar-refractivity contribution in [2.24, 2.45) is 0 Å². The van der Waals surface area contributed by atoms with Gasteiger partial charge in [0.15, 0.2) is 0 Å². The van der Waals surface area contributed by atoms with Crippen LogP contribution in [0, 0.1) is 0 Å². The minimum absolute atomic E-state index is 0.192. The number of hydrogen-bond donors (Lipinski definition) is 3. The summed E-state index contributed by atoms with van der Waals surface area (Å²) >= 11 is 5.04. The monoisotopic (exact) mass is 326 g/mol. The molecule has 0 bridgehead atoms. The van der Waals surface area contributed by atoms with Crippen LogP contribution in [0.25, 0.3) is 0 Å². The molecule has 4 nitrogen and oxygen atoms in total. The van der Waals surface area contributed by atoms with E-state index in [1.54, 1.807) is 17.4 Å². The number of aromatic carboxylic acids is 1. The van der Waals surface area contributed by atoms with Gasteiger partial charge in [-0.2, -0.15) is 0 Å². The van der Waals surface area contributed by atoms with Crippen molar-refractivity contribution in [3.05, 3.63) is 44.6 Å². The van der Waals surface area contributed by atoms with E-state index in [1.165, 1.54) is 17.0 Å². The third-order valence-electron chi connectivity index (χ3n) is 2.38. The standard InChI is InChI=1S/C12H11BrN2O2S/c13-11-4-2-8(18-11)6-15-10-3-1-7(12(16)17)5-9(10)14/h1-5,15H,6,14H2,(H,16,17).